The van der Waals surface area contributed by atoms with E-state index in [9.17, 15) is 0 Å². The zero-order valence-electron chi connectivity index (χ0n) is 10.5. The monoisotopic (exact) mass is 207 g/mol. The SMILES string of the molecule is CCCCCCC(CC)c1cccn1C. The molecule has 15 heavy (non-hydrogen) atoms. The number of aryl methyl sites for hydroxylation is 1. The molecule has 0 amide bonds. The van der Waals surface area contributed by atoms with Crippen LogP contribution in [0.5, 0.6) is 0 Å². The Kier molecular flexibility index (Phi) is 5.52. The number of unbranched alkanes of at least 4 members (excludes halogenated alkanes) is 3. The van der Waals surface area contributed by atoms with Gasteiger partial charge in [-0.3, -0.25) is 0 Å². The average Bonchev–Trinajstić information content (AvgIpc) is 2.65. The Bertz CT molecular complexity index is 262. The van der Waals surface area contributed by atoms with Gasteiger partial charge in [0.05, 0.1) is 0 Å². The third-order valence-corrected chi connectivity index (χ3v) is 3.30. The predicted molar refractivity (Wildman–Crippen MR) is 67.2 cm³/mol. The second kappa shape index (κ2) is 6.71. The summed E-state index contributed by atoms with van der Waals surface area (Å²) >= 11 is 0. The molecule has 1 aromatic rings. The van der Waals surface area contributed by atoms with Gasteiger partial charge in [0.1, 0.15) is 0 Å². The second-order valence-corrected chi connectivity index (χ2v) is 4.50. The van der Waals surface area contributed by atoms with E-state index in [0.717, 1.165) is 5.92 Å². The first kappa shape index (κ1) is 12.4. The molecule has 86 valence electrons. The molecular formula is C14H25N. The fraction of sp³-hybridized carbons (Fsp3) is 0.714. The zero-order valence-corrected chi connectivity index (χ0v) is 10.5. The van der Waals surface area contributed by atoms with Gasteiger partial charge < -0.3 is 4.57 Å². The van der Waals surface area contributed by atoms with Crippen LogP contribution in [-0.2, 0) is 7.05 Å². The molecule has 0 N–H and O–H groups in total. The van der Waals surface area contributed by atoms with E-state index in [2.05, 4.69) is 43.8 Å². The molecule has 0 saturated carbocycles. The van der Waals surface area contributed by atoms with Crippen LogP contribution >= 0.6 is 0 Å². The van der Waals surface area contributed by atoms with Crippen LogP contribution in [0.4, 0.5) is 0 Å². The summed E-state index contributed by atoms with van der Waals surface area (Å²) < 4.78 is 2.27. The van der Waals surface area contributed by atoms with Crippen molar-refractivity contribution >= 4 is 0 Å². The maximum atomic E-state index is 2.30. The molecule has 1 heterocycles. The predicted octanol–water partition coefficient (Wildman–Crippen LogP) is 4.49. The van der Waals surface area contributed by atoms with Gasteiger partial charge in [-0.2, -0.15) is 0 Å². The Balaban J connectivity index is 2.39. The van der Waals surface area contributed by atoms with Gasteiger partial charge in [0, 0.05) is 18.9 Å². The van der Waals surface area contributed by atoms with Crippen LogP contribution in [0, 0.1) is 0 Å². The van der Waals surface area contributed by atoms with Gasteiger partial charge in [0.2, 0.25) is 0 Å². The van der Waals surface area contributed by atoms with Crippen LogP contribution in [0.25, 0.3) is 0 Å². The minimum Gasteiger partial charge on any atom is -0.354 e. The number of hydrogen-bond donors (Lipinski definition) is 0. The van der Waals surface area contributed by atoms with Crippen LogP contribution in [0.1, 0.15) is 64.0 Å². The lowest BCUT2D eigenvalue weighted by Crippen LogP contribution is -2.03. The molecule has 1 unspecified atom stereocenters. The van der Waals surface area contributed by atoms with Crippen molar-refractivity contribution in [2.24, 2.45) is 7.05 Å². The van der Waals surface area contributed by atoms with E-state index >= 15 is 0 Å². The van der Waals surface area contributed by atoms with Crippen LogP contribution in [-0.4, -0.2) is 4.57 Å². The van der Waals surface area contributed by atoms with E-state index in [1.807, 2.05) is 0 Å². The van der Waals surface area contributed by atoms with E-state index in [0.29, 0.717) is 0 Å². The summed E-state index contributed by atoms with van der Waals surface area (Å²) in [5.74, 6) is 0.766. The molecule has 0 saturated heterocycles. The molecular weight excluding hydrogens is 182 g/mol. The van der Waals surface area contributed by atoms with Crippen LogP contribution in [0.2, 0.25) is 0 Å². The minimum atomic E-state index is 0.766. The maximum Gasteiger partial charge on any atom is 0.0202 e. The molecule has 1 rings (SSSR count). The van der Waals surface area contributed by atoms with Gasteiger partial charge in [0.15, 0.2) is 0 Å². The number of hydrogen-bond acceptors (Lipinski definition) is 0. The third-order valence-electron chi connectivity index (χ3n) is 3.30. The molecule has 0 fully saturated rings. The van der Waals surface area contributed by atoms with Gasteiger partial charge in [-0.05, 0) is 30.9 Å². The Hall–Kier alpha value is -0.720. The van der Waals surface area contributed by atoms with Gasteiger partial charge in [-0.15, -0.1) is 0 Å². The highest BCUT2D eigenvalue weighted by Crippen LogP contribution is 2.25. The molecule has 1 aromatic heterocycles. The average molecular weight is 207 g/mol. The van der Waals surface area contributed by atoms with Gasteiger partial charge >= 0.3 is 0 Å². The minimum absolute atomic E-state index is 0.766. The second-order valence-electron chi connectivity index (χ2n) is 4.50. The molecule has 0 aliphatic carbocycles. The summed E-state index contributed by atoms with van der Waals surface area (Å²) in [4.78, 5) is 0. The Labute approximate surface area is 94.5 Å². The first-order valence-corrected chi connectivity index (χ1v) is 6.40. The van der Waals surface area contributed by atoms with Crippen molar-refractivity contribution in [2.45, 2.75) is 58.3 Å². The van der Waals surface area contributed by atoms with E-state index < -0.39 is 0 Å². The van der Waals surface area contributed by atoms with Crippen molar-refractivity contribution < 1.29 is 0 Å². The lowest BCUT2D eigenvalue weighted by atomic mass is 9.95. The van der Waals surface area contributed by atoms with Crippen molar-refractivity contribution in [3.05, 3.63) is 24.0 Å². The summed E-state index contributed by atoms with van der Waals surface area (Å²) in [6.45, 7) is 4.58. The number of nitrogens with zero attached hydrogens (tertiary/aromatic N) is 1. The first-order chi connectivity index (χ1) is 7.29. The van der Waals surface area contributed by atoms with E-state index in [1.54, 1.807) is 0 Å². The van der Waals surface area contributed by atoms with Crippen molar-refractivity contribution in [1.29, 1.82) is 0 Å². The largest absolute Gasteiger partial charge is 0.354 e. The number of aromatic nitrogens is 1. The summed E-state index contributed by atoms with van der Waals surface area (Å²) in [5.41, 5.74) is 1.51. The van der Waals surface area contributed by atoms with Gasteiger partial charge in [-0.25, -0.2) is 0 Å². The molecule has 1 atom stereocenters. The Morgan fingerprint density at radius 3 is 2.53 bits per heavy atom. The summed E-state index contributed by atoms with van der Waals surface area (Å²) in [6, 6.07) is 4.43. The van der Waals surface area contributed by atoms with Crippen LogP contribution in [0.3, 0.4) is 0 Å². The highest BCUT2D eigenvalue weighted by molar-refractivity contribution is 5.11. The molecule has 0 aliphatic heterocycles. The lowest BCUT2D eigenvalue weighted by Gasteiger charge is -2.15. The molecule has 0 bridgehead atoms. The van der Waals surface area contributed by atoms with Crippen molar-refractivity contribution in [2.75, 3.05) is 0 Å². The first-order valence-electron chi connectivity index (χ1n) is 6.40. The Morgan fingerprint density at radius 1 is 1.20 bits per heavy atom. The molecule has 0 spiro atoms. The summed E-state index contributed by atoms with van der Waals surface area (Å²) in [6.07, 6.45) is 10.3. The molecule has 0 radical (unpaired) electrons. The van der Waals surface area contributed by atoms with Crippen molar-refractivity contribution in [3.8, 4) is 0 Å². The van der Waals surface area contributed by atoms with E-state index in [-0.39, 0.29) is 0 Å². The molecule has 0 aliphatic rings. The van der Waals surface area contributed by atoms with Gasteiger partial charge in [0.25, 0.3) is 0 Å². The smallest absolute Gasteiger partial charge is 0.0202 e. The molecule has 1 heteroatoms. The standard InChI is InChI=1S/C14H25N/c1-4-6-7-8-10-13(5-2)14-11-9-12-15(14)3/h9,11-13H,4-8,10H2,1-3H3. The summed E-state index contributed by atoms with van der Waals surface area (Å²) in [7, 11) is 2.16. The van der Waals surface area contributed by atoms with Crippen molar-refractivity contribution in [3.63, 3.8) is 0 Å². The van der Waals surface area contributed by atoms with Crippen LogP contribution in [0.15, 0.2) is 18.3 Å². The summed E-state index contributed by atoms with van der Waals surface area (Å²) in [5, 5.41) is 0. The third kappa shape index (κ3) is 3.73. The fourth-order valence-electron chi connectivity index (χ4n) is 2.28. The van der Waals surface area contributed by atoms with E-state index in [4.69, 9.17) is 0 Å². The Morgan fingerprint density at radius 2 is 2.00 bits per heavy atom. The topological polar surface area (TPSA) is 4.93 Å². The maximum absolute atomic E-state index is 2.30. The molecule has 0 aromatic carbocycles. The highest BCUT2D eigenvalue weighted by atomic mass is 14.9. The van der Waals surface area contributed by atoms with Gasteiger partial charge in [-0.1, -0.05) is 39.5 Å². The number of rotatable bonds is 7. The normalized spacial score (nSPS) is 13.0. The van der Waals surface area contributed by atoms with Crippen molar-refractivity contribution in [1.82, 2.24) is 4.57 Å². The lowest BCUT2D eigenvalue weighted by molar-refractivity contribution is 0.521. The molecule has 1 nitrogen and oxygen atoms in total. The quantitative estimate of drug-likeness (QED) is 0.581. The fourth-order valence-corrected chi connectivity index (χ4v) is 2.28. The highest BCUT2D eigenvalue weighted by Gasteiger charge is 2.11. The van der Waals surface area contributed by atoms with E-state index in [1.165, 1.54) is 44.2 Å². The zero-order chi connectivity index (χ0) is 11.1. The van der Waals surface area contributed by atoms with Crippen LogP contribution < -0.4 is 0 Å².